The van der Waals surface area contributed by atoms with E-state index in [2.05, 4.69) is 61.1 Å². The number of hydrogen-bond donors (Lipinski definition) is 2. The zero-order valence-corrected chi connectivity index (χ0v) is 21.9. The van der Waals surface area contributed by atoms with Crippen LogP contribution in [-0.4, -0.2) is 47.0 Å². The second-order valence-electron chi connectivity index (χ2n) is 11.3. The average Bonchev–Trinajstić information content (AvgIpc) is 2.76. The summed E-state index contributed by atoms with van der Waals surface area (Å²) in [6.07, 6.45) is 1.36. The lowest BCUT2D eigenvalue weighted by Crippen LogP contribution is -2.31. The highest BCUT2D eigenvalue weighted by Gasteiger charge is 2.33. The van der Waals surface area contributed by atoms with Gasteiger partial charge in [0.15, 0.2) is 0 Å². The van der Waals surface area contributed by atoms with Crippen molar-refractivity contribution in [3.63, 3.8) is 0 Å². The average molecular weight is 521 g/mol. The molecule has 0 aromatic rings. The van der Waals surface area contributed by atoms with Crippen LogP contribution < -0.4 is 0 Å². The fourth-order valence-corrected chi connectivity index (χ4v) is 4.54. The Morgan fingerprint density at radius 3 is 1.03 bits per heavy atom. The minimum absolute atomic E-state index is 0.182. The van der Waals surface area contributed by atoms with Crippen molar-refractivity contribution >= 4 is 24.6 Å². The Balaban J connectivity index is 0.000000697. The fraction of sp³-hybridized carbons (Fsp3) is 0.833. The molecule has 0 unspecified atom stereocenters. The van der Waals surface area contributed by atoms with Crippen molar-refractivity contribution in [1.29, 1.82) is 0 Å². The molecule has 0 atom stereocenters. The summed E-state index contributed by atoms with van der Waals surface area (Å²) in [5.41, 5.74) is 0.536. The highest BCUT2D eigenvalue weighted by atomic mass is 17.3. The smallest absolute Gasteiger partial charge is 0.447 e. The summed E-state index contributed by atoms with van der Waals surface area (Å²) in [6, 6.07) is 0. The van der Waals surface area contributed by atoms with Gasteiger partial charge in [0, 0.05) is 0 Å². The van der Waals surface area contributed by atoms with Crippen LogP contribution >= 0.6 is 0 Å². The number of carboxylic acid groups (broad SMARTS) is 2. The fourth-order valence-electron chi connectivity index (χ4n) is 4.54. The number of hydrogen-bond acceptors (Lipinski definition) is 10. The van der Waals surface area contributed by atoms with E-state index in [4.69, 9.17) is 19.7 Å². The van der Waals surface area contributed by atoms with E-state index in [1.54, 1.807) is 0 Å². The van der Waals surface area contributed by atoms with Crippen molar-refractivity contribution < 1.29 is 58.4 Å². The number of rotatable bonds is 2. The zero-order chi connectivity index (χ0) is 27.5. The molecule has 2 fully saturated rings. The number of carbonyl (C=O) groups is 4. The summed E-state index contributed by atoms with van der Waals surface area (Å²) in [7, 11) is 0. The van der Waals surface area contributed by atoms with Gasteiger partial charge in [0.05, 0.1) is 0 Å². The van der Waals surface area contributed by atoms with Crippen molar-refractivity contribution in [1.82, 2.24) is 0 Å². The second kappa shape index (κ2) is 14.0. The maximum atomic E-state index is 11.8. The van der Waals surface area contributed by atoms with Crippen molar-refractivity contribution in [3.8, 4) is 0 Å². The SMILES string of the molecule is CC(C)(C)C1CCC(OC(=O)OOC(=O)OC2CCC(C(C)(C)C)CC2)CC1.O=C(O)OOC(=O)O. The van der Waals surface area contributed by atoms with E-state index in [0.717, 1.165) is 51.4 Å². The third kappa shape index (κ3) is 12.7. The molecule has 12 nitrogen and oxygen atoms in total. The Morgan fingerprint density at radius 1 is 0.528 bits per heavy atom. The first-order valence-corrected chi connectivity index (χ1v) is 12.1. The molecule has 0 aromatic heterocycles. The Kier molecular flexibility index (Phi) is 12.1. The van der Waals surface area contributed by atoms with Crippen molar-refractivity contribution in [2.75, 3.05) is 0 Å². The molecule has 0 aromatic carbocycles. The molecular formula is C24H40O12. The minimum atomic E-state index is -1.80. The van der Waals surface area contributed by atoms with Crippen LogP contribution in [0.2, 0.25) is 0 Å². The second-order valence-corrected chi connectivity index (χ2v) is 11.3. The van der Waals surface area contributed by atoms with E-state index < -0.39 is 24.6 Å². The summed E-state index contributed by atoms with van der Waals surface area (Å²) in [5, 5.41) is 15.1. The third-order valence-corrected chi connectivity index (χ3v) is 6.69. The molecule has 2 aliphatic rings. The predicted molar refractivity (Wildman–Crippen MR) is 124 cm³/mol. The van der Waals surface area contributed by atoms with Gasteiger partial charge in [-0.1, -0.05) is 41.5 Å². The van der Waals surface area contributed by atoms with Crippen molar-refractivity contribution in [3.05, 3.63) is 0 Å². The summed E-state index contributed by atoms with van der Waals surface area (Å²) in [6.45, 7) is 13.4. The van der Waals surface area contributed by atoms with Gasteiger partial charge in [-0.15, -0.1) is 0 Å². The topological polar surface area (TPSA) is 164 Å². The molecule has 0 radical (unpaired) electrons. The van der Waals surface area contributed by atoms with Crippen LogP contribution in [0.1, 0.15) is 92.9 Å². The van der Waals surface area contributed by atoms with Gasteiger partial charge in [0.1, 0.15) is 12.2 Å². The first-order chi connectivity index (χ1) is 16.6. The first kappa shape index (κ1) is 31.1. The van der Waals surface area contributed by atoms with E-state index >= 15 is 0 Å². The summed E-state index contributed by atoms with van der Waals surface area (Å²) >= 11 is 0. The maximum Gasteiger partial charge on any atom is 0.550 e. The molecule has 0 saturated heterocycles. The molecule has 2 rings (SSSR count). The normalized spacial score (nSPS) is 24.2. The first-order valence-electron chi connectivity index (χ1n) is 12.1. The monoisotopic (exact) mass is 520 g/mol. The van der Waals surface area contributed by atoms with Gasteiger partial charge in [-0.05, 0) is 74.0 Å². The van der Waals surface area contributed by atoms with Crippen molar-refractivity contribution in [2.45, 2.75) is 105 Å². The maximum absolute atomic E-state index is 11.8. The van der Waals surface area contributed by atoms with Crippen LogP contribution in [0.25, 0.3) is 0 Å². The molecule has 2 saturated carbocycles. The third-order valence-electron chi connectivity index (χ3n) is 6.69. The molecule has 0 amide bonds. The number of carbonyl (C=O) groups excluding carboxylic acids is 2. The molecule has 12 heteroatoms. The van der Waals surface area contributed by atoms with Gasteiger partial charge >= 0.3 is 24.6 Å². The van der Waals surface area contributed by atoms with Gasteiger partial charge in [-0.3, -0.25) is 0 Å². The summed E-state index contributed by atoms with van der Waals surface area (Å²) in [4.78, 5) is 57.3. The van der Waals surface area contributed by atoms with Crippen LogP contribution in [0.15, 0.2) is 0 Å². The molecule has 0 aliphatic heterocycles. The van der Waals surface area contributed by atoms with Crippen LogP contribution in [0.4, 0.5) is 19.2 Å². The van der Waals surface area contributed by atoms with Gasteiger partial charge < -0.3 is 19.7 Å². The molecule has 0 spiro atoms. The van der Waals surface area contributed by atoms with E-state index in [1.165, 1.54) is 0 Å². The van der Waals surface area contributed by atoms with Gasteiger partial charge in [-0.2, -0.15) is 19.4 Å². The van der Waals surface area contributed by atoms with Crippen LogP contribution in [0.3, 0.4) is 0 Å². The molecule has 0 bridgehead atoms. The lowest BCUT2D eigenvalue weighted by atomic mass is 9.72. The lowest BCUT2D eigenvalue weighted by Gasteiger charge is -2.36. The summed E-state index contributed by atoms with van der Waals surface area (Å²) < 4.78 is 10.5. The number of ether oxygens (including phenoxy) is 2. The molecular weight excluding hydrogens is 480 g/mol. The Bertz CT molecular complexity index is 658. The Hall–Kier alpha value is -2.92. The molecule has 36 heavy (non-hydrogen) atoms. The minimum Gasteiger partial charge on any atom is -0.447 e. The molecule has 2 aliphatic carbocycles. The van der Waals surface area contributed by atoms with Crippen LogP contribution in [-0.2, 0) is 29.0 Å². The quantitative estimate of drug-likeness (QED) is 0.225. The van der Waals surface area contributed by atoms with Gasteiger partial charge in [-0.25, -0.2) is 19.4 Å². The van der Waals surface area contributed by atoms with E-state index in [1.807, 2.05) is 0 Å². The van der Waals surface area contributed by atoms with Gasteiger partial charge in [0.25, 0.3) is 0 Å². The highest BCUT2D eigenvalue weighted by molar-refractivity contribution is 5.63. The lowest BCUT2D eigenvalue weighted by molar-refractivity contribution is -0.227. The Labute approximate surface area is 211 Å². The molecule has 0 heterocycles. The molecule has 2 N–H and O–H groups in total. The van der Waals surface area contributed by atoms with Crippen LogP contribution in [0.5, 0.6) is 0 Å². The summed E-state index contributed by atoms with van der Waals surface area (Å²) in [5.74, 6) is 1.26. The Morgan fingerprint density at radius 2 is 0.806 bits per heavy atom. The standard InChI is InChI=1S/C22H38O6.C2H2O6/c1-21(2,3)15-7-11-17(12-8-15)25-19(23)27-28-20(24)26-18-13-9-16(10-14-18)22(4,5)6;3-1(4)7-8-2(5)6/h15-18H,7-14H2,1-6H3;(H,3,4)(H,5,6). The largest absolute Gasteiger partial charge is 0.550 e. The van der Waals surface area contributed by atoms with Crippen LogP contribution in [0, 0.1) is 22.7 Å². The van der Waals surface area contributed by atoms with E-state index in [0.29, 0.717) is 11.8 Å². The molecule has 208 valence electrons. The van der Waals surface area contributed by atoms with E-state index in [9.17, 15) is 19.2 Å². The predicted octanol–water partition coefficient (Wildman–Crippen LogP) is 6.71. The highest BCUT2D eigenvalue weighted by Crippen LogP contribution is 2.39. The van der Waals surface area contributed by atoms with Crippen molar-refractivity contribution in [2.24, 2.45) is 22.7 Å². The van der Waals surface area contributed by atoms with E-state index in [-0.39, 0.29) is 23.0 Å². The zero-order valence-electron chi connectivity index (χ0n) is 21.9. The van der Waals surface area contributed by atoms with Gasteiger partial charge in [0.2, 0.25) is 0 Å².